The molecule has 27 heavy (non-hydrogen) atoms. The van der Waals surface area contributed by atoms with Gasteiger partial charge in [0.1, 0.15) is 0 Å². The van der Waals surface area contributed by atoms with E-state index in [1.54, 1.807) is 11.3 Å². The number of pyridine rings is 1. The highest BCUT2D eigenvalue weighted by atomic mass is 32.2. The van der Waals surface area contributed by atoms with E-state index in [-0.39, 0.29) is 10.3 Å². The number of nitrogens with zero attached hydrogens (tertiary/aromatic N) is 2. The minimum atomic E-state index is -0.232. The summed E-state index contributed by atoms with van der Waals surface area (Å²) in [5.41, 5.74) is 9.33. The molecule has 3 nitrogen and oxygen atoms in total. The van der Waals surface area contributed by atoms with Gasteiger partial charge in [-0.05, 0) is 56.2 Å². The second kappa shape index (κ2) is 7.33. The van der Waals surface area contributed by atoms with Crippen LogP contribution in [0.2, 0.25) is 0 Å². The van der Waals surface area contributed by atoms with E-state index in [4.69, 9.17) is 10.7 Å². The summed E-state index contributed by atoms with van der Waals surface area (Å²) >= 11 is 3.61. The number of aliphatic imine (C=N–C) groups is 1. The fourth-order valence-electron chi connectivity index (χ4n) is 4.39. The molecule has 1 aliphatic carbocycles. The first-order valence-corrected chi connectivity index (χ1v) is 11.2. The van der Waals surface area contributed by atoms with Crippen LogP contribution < -0.4 is 5.73 Å². The van der Waals surface area contributed by atoms with E-state index in [0.29, 0.717) is 0 Å². The van der Waals surface area contributed by atoms with Gasteiger partial charge in [0.2, 0.25) is 0 Å². The summed E-state index contributed by atoms with van der Waals surface area (Å²) in [5.74, 6) is 6.03. The second-order valence-electron chi connectivity index (χ2n) is 7.78. The summed E-state index contributed by atoms with van der Waals surface area (Å²) in [4.78, 5) is 10.6. The van der Waals surface area contributed by atoms with Crippen molar-refractivity contribution < 1.29 is 0 Å². The zero-order valence-corrected chi connectivity index (χ0v) is 17.6. The number of hydrogen-bond donors (Lipinski definition) is 1. The first-order valence-electron chi connectivity index (χ1n) is 9.54. The van der Waals surface area contributed by atoms with Gasteiger partial charge in [0.05, 0.1) is 5.54 Å². The third-order valence-corrected chi connectivity index (χ3v) is 8.05. The lowest BCUT2D eigenvalue weighted by atomic mass is 9.78. The molecular formula is C22H25N3S2. The predicted molar refractivity (Wildman–Crippen MR) is 117 cm³/mol. The van der Waals surface area contributed by atoms with Crippen LogP contribution in [0.5, 0.6) is 0 Å². The highest BCUT2D eigenvalue weighted by Crippen LogP contribution is 2.53. The molecule has 3 heterocycles. The van der Waals surface area contributed by atoms with E-state index < -0.39 is 0 Å². The van der Waals surface area contributed by atoms with Crippen LogP contribution in [0, 0.1) is 11.8 Å². The molecule has 4 rings (SSSR count). The third kappa shape index (κ3) is 3.79. The van der Waals surface area contributed by atoms with Gasteiger partial charge >= 0.3 is 0 Å². The van der Waals surface area contributed by atoms with E-state index in [1.807, 2.05) is 31.1 Å². The number of rotatable bonds is 2. The van der Waals surface area contributed by atoms with Gasteiger partial charge in [0.15, 0.2) is 5.17 Å². The van der Waals surface area contributed by atoms with Crippen LogP contribution in [-0.2, 0) is 5.54 Å². The van der Waals surface area contributed by atoms with Crippen molar-refractivity contribution in [3.8, 4) is 23.0 Å². The number of thiophene rings is 1. The van der Waals surface area contributed by atoms with Gasteiger partial charge in [-0.1, -0.05) is 36.9 Å². The Hall–Kier alpha value is -1.77. The maximum absolute atomic E-state index is 6.32. The first kappa shape index (κ1) is 18.6. The Morgan fingerprint density at radius 3 is 2.70 bits per heavy atom. The average Bonchev–Trinajstić information content (AvgIpc) is 3.13. The molecule has 2 aromatic heterocycles. The Labute approximate surface area is 169 Å². The maximum Gasteiger partial charge on any atom is 0.155 e. The highest BCUT2D eigenvalue weighted by molar-refractivity contribution is 8.15. The number of nitrogens with two attached hydrogens (primary N) is 1. The van der Waals surface area contributed by atoms with Crippen LogP contribution in [0.4, 0.5) is 0 Å². The summed E-state index contributed by atoms with van der Waals surface area (Å²) in [5, 5.41) is 2.96. The summed E-state index contributed by atoms with van der Waals surface area (Å²) in [7, 11) is 0. The van der Waals surface area contributed by atoms with E-state index in [1.165, 1.54) is 42.5 Å². The molecule has 2 N–H and O–H groups in total. The number of aromatic nitrogens is 1. The van der Waals surface area contributed by atoms with E-state index in [0.717, 1.165) is 22.7 Å². The van der Waals surface area contributed by atoms with Gasteiger partial charge in [-0.3, -0.25) is 9.98 Å². The summed E-state index contributed by atoms with van der Waals surface area (Å²) in [6.07, 6.45) is 11.3. The molecule has 2 aliphatic rings. The van der Waals surface area contributed by atoms with Gasteiger partial charge in [-0.25, -0.2) is 0 Å². The standard InChI is InChI=1S/C22H25N3S2/c1-3-7-16-10-17(13-24-12-16)18-11-19(26-14-18)21(2)15-22(27-20(23)25-21)8-5-4-6-9-22/h10-14H,4-6,8-9,15H2,1-2H3,(H2,23,25)/t21-/m0/s1. The molecule has 0 radical (unpaired) electrons. The van der Waals surface area contributed by atoms with E-state index >= 15 is 0 Å². The Morgan fingerprint density at radius 1 is 1.11 bits per heavy atom. The lowest BCUT2D eigenvalue weighted by Crippen LogP contribution is -2.42. The second-order valence-corrected chi connectivity index (χ2v) is 10.2. The largest absolute Gasteiger partial charge is 0.378 e. The molecule has 0 unspecified atom stereocenters. The molecule has 0 bridgehead atoms. The molecule has 2 aromatic rings. The van der Waals surface area contributed by atoms with Gasteiger partial charge in [-0.15, -0.1) is 17.3 Å². The topological polar surface area (TPSA) is 51.3 Å². The fraction of sp³-hybridized carbons (Fsp3) is 0.455. The number of amidine groups is 1. The van der Waals surface area contributed by atoms with E-state index in [2.05, 4.69) is 41.3 Å². The molecule has 0 aromatic carbocycles. The normalized spacial score (nSPS) is 24.1. The van der Waals surface area contributed by atoms with Gasteiger partial charge < -0.3 is 5.73 Å². The molecule has 1 saturated carbocycles. The zero-order chi connectivity index (χ0) is 18.9. The van der Waals surface area contributed by atoms with Gasteiger partial charge in [-0.2, -0.15) is 0 Å². The van der Waals surface area contributed by atoms with Crippen LogP contribution >= 0.6 is 23.1 Å². The van der Waals surface area contributed by atoms with Crippen molar-refractivity contribution in [3.63, 3.8) is 0 Å². The quantitative estimate of drug-likeness (QED) is 0.678. The Kier molecular flexibility index (Phi) is 5.05. The molecular weight excluding hydrogens is 370 g/mol. The maximum atomic E-state index is 6.32. The van der Waals surface area contributed by atoms with Crippen molar-refractivity contribution in [2.75, 3.05) is 0 Å². The van der Waals surface area contributed by atoms with Crippen molar-refractivity contribution >= 4 is 28.3 Å². The van der Waals surface area contributed by atoms with E-state index in [9.17, 15) is 0 Å². The van der Waals surface area contributed by atoms with Crippen LogP contribution in [-0.4, -0.2) is 14.9 Å². The van der Waals surface area contributed by atoms with Crippen LogP contribution in [0.15, 0.2) is 34.9 Å². The van der Waals surface area contributed by atoms with Crippen molar-refractivity contribution in [3.05, 3.63) is 40.3 Å². The van der Waals surface area contributed by atoms with Crippen LogP contribution in [0.3, 0.4) is 0 Å². The molecule has 1 fully saturated rings. The molecule has 0 amide bonds. The van der Waals surface area contributed by atoms with Gasteiger partial charge in [0, 0.05) is 33.1 Å². The first-order chi connectivity index (χ1) is 13.0. The molecule has 1 spiro atoms. The highest BCUT2D eigenvalue weighted by Gasteiger charge is 2.45. The average molecular weight is 396 g/mol. The zero-order valence-electron chi connectivity index (χ0n) is 15.9. The SMILES string of the molecule is CC#Cc1cncc(-c2csc([C@]3(C)CC4(CCCCC4)SC(N)=N3)c2)c1. The van der Waals surface area contributed by atoms with Crippen LogP contribution in [0.25, 0.3) is 11.1 Å². The molecule has 0 saturated heterocycles. The summed E-state index contributed by atoms with van der Waals surface area (Å²) < 4.78 is 0.265. The fourth-order valence-corrected chi connectivity index (χ4v) is 6.95. The Bertz CT molecular complexity index is 928. The molecule has 140 valence electrons. The molecule has 5 heteroatoms. The molecule has 1 aliphatic heterocycles. The Balaban J connectivity index is 1.66. The van der Waals surface area contributed by atoms with Crippen LogP contribution in [0.1, 0.15) is 62.8 Å². The van der Waals surface area contributed by atoms with Crippen molar-refractivity contribution in [2.24, 2.45) is 10.7 Å². The summed E-state index contributed by atoms with van der Waals surface area (Å²) in [6, 6.07) is 4.38. The van der Waals surface area contributed by atoms with Crippen molar-refractivity contribution in [2.45, 2.75) is 62.7 Å². The van der Waals surface area contributed by atoms with Gasteiger partial charge in [0.25, 0.3) is 0 Å². The smallest absolute Gasteiger partial charge is 0.155 e. The predicted octanol–water partition coefficient (Wildman–Crippen LogP) is 5.55. The number of hydrogen-bond acceptors (Lipinski definition) is 5. The lowest BCUT2D eigenvalue weighted by molar-refractivity contribution is 0.306. The van der Waals surface area contributed by atoms with Crippen molar-refractivity contribution in [1.29, 1.82) is 0 Å². The summed E-state index contributed by atoms with van der Waals surface area (Å²) in [6.45, 7) is 4.10. The monoisotopic (exact) mass is 395 g/mol. The van der Waals surface area contributed by atoms with Crippen molar-refractivity contribution in [1.82, 2.24) is 4.98 Å². The lowest BCUT2D eigenvalue weighted by Gasteiger charge is -2.45. The third-order valence-electron chi connectivity index (χ3n) is 5.58. The Morgan fingerprint density at radius 2 is 1.93 bits per heavy atom. The minimum Gasteiger partial charge on any atom is -0.378 e. The minimum absolute atomic E-state index is 0.232. The molecule has 1 atom stereocenters. The number of thioether (sulfide) groups is 1.